The van der Waals surface area contributed by atoms with Crippen molar-refractivity contribution < 1.29 is 13.9 Å². The maximum absolute atomic E-state index is 13.7. The zero-order chi connectivity index (χ0) is 19.5. The van der Waals surface area contributed by atoms with E-state index in [9.17, 15) is 9.18 Å². The van der Waals surface area contributed by atoms with Crippen LogP contribution >= 0.6 is 11.8 Å². The molecular weight excluding hydrogens is 381 g/mol. The Kier molecular flexibility index (Phi) is 5.59. The fourth-order valence-corrected chi connectivity index (χ4v) is 4.28. The molecule has 6 nitrogen and oxygen atoms in total. The average Bonchev–Trinajstić information content (AvgIpc) is 3.22. The number of fused-ring (bicyclic) bond motifs is 1. The lowest BCUT2D eigenvalue weighted by Gasteiger charge is -2.16. The number of halogens is 1. The first-order valence-corrected chi connectivity index (χ1v) is 10.1. The van der Waals surface area contributed by atoms with E-state index < -0.39 is 0 Å². The summed E-state index contributed by atoms with van der Waals surface area (Å²) in [7, 11) is 1.55. The van der Waals surface area contributed by atoms with Gasteiger partial charge in [-0.2, -0.15) is 0 Å². The summed E-state index contributed by atoms with van der Waals surface area (Å²) in [6.45, 7) is 1.16. The maximum atomic E-state index is 13.7. The summed E-state index contributed by atoms with van der Waals surface area (Å²) in [5, 5.41) is 1.02. The number of hydrogen-bond donors (Lipinski definition) is 0. The Morgan fingerprint density at radius 3 is 3.07 bits per heavy atom. The molecule has 1 unspecified atom stereocenters. The van der Waals surface area contributed by atoms with Gasteiger partial charge in [0.1, 0.15) is 11.6 Å². The lowest BCUT2D eigenvalue weighted by Crippen LogP contribution is -2.29. The first-order valence-electron chi connectivity index (χ1n) is 9.08. The molecule has 1 aliphatic heterocycles. The number of methoxy groups -OCH3 is 1. The van der Waals surface area contributed by atoms with Crippen LogP contribution in [-0.4, -0.2) is 34.4 Å². The standard InChI is InChI=1S/C20H20FN3O3S/c1-26-17-7-6-14(21)10-13(17)12-28-20-23-18-16(5-2-8-22-18)19(25)24(20)11-15-4-3-9-27-15/h2,5-8,10,15H,3-4,9,11-12H2,1H3. The van der Waals surface area contributed by atoms with Gasteiger partial charge in [-0.15, -0.1) is 0 Å². The molecule has 8 heteroatoms. The van der Waals surface area contributed by atoms with Gasteiger partial charge in [0.05, 0.1) is 25.1 Å². The van der Waals surface area contributed by atoms with Gasteiger partial charge in [0.2, 0.25) is 0 Å². The van der Waals surface area contributed by atoms with E-state index >= 15 is 0 Å². The molecule has 3 aromatic rings. The van der Waals surface area contributed by atoms with Crippen molar-refractivity contribution in [3.8, 4) is 5.75 Å². The van der Waals surface area contributed by atoms with E-state index in [0.29, 0.717) is 46.4 Å². The van der Waals surface area contributed by atoms with Gasteiger partial charge < -0.3 is 9.47 Å². The third kappa shape index (κ3) is 3.88. The lowest BCUT2D eigenvalue weighted by molar-refractivity contribution is 0.0937. The molecule has 1 saturated heterocycles. The van der Waals surface area contributed by atoms with Crippen molar-refractivity contribution in [3.63, 3.8) is 0 Å². The minimum absolute atomic E-state index is 0.00308. The normalized spacial score (nSPS) is 16.6. The van der Waals surface area contributed by atoms with Crippen LogP contribution in [0.4, 0.5) is 4.39 Å². The van der Waals surface area contributed by atoms with Gasteiger partial charge in [-0.1, -0.05) is 11.8 Å². The number of nitrogens with zero attached hydrogens (tertiary/aromatic N) is 3. The third-order valence-electron chi connectivity index (χ3n) is 4.70. The molecule has 1 atom stereocenters. The SMILES string of the molecule is COc1ccc(F)cc1CSc1nc2ncccc2c(=O)n1CC1CCCO1. The van der Waals surface area contributed by atoms with Crippen LogP contribution in [0.5, 0.6) is 5.75 Å². The summed E-state index contributed by atoms with van der Waals surface area (Å²) in [5.74, 6) is 0.680. The molecular formula is C20H20FN3O3S. The molecule has 0 spiro atoms. The largest absolute Gasteiger partial charge is 0.496 e. The summed E-state index contributed by atoms with van der Waals surface area (Å²) < 4.78 is 26.3. The highest BCUT2D eigenvalue weighted by atomic mass is 32.2. The monoisotopic (exact) mass is 401 g/mol. The van der Waals surface area contributed by atoms with Crippen LogP contribution in [0.3, 0.4) is 0 Å². The highest BCUT2D eigenvalue weighted by Gasteiger charge is 2.21. The zero-order valence-corrected chi connectivity index (χ0v) is 16.2. The Morgan fingerprint density at radius 1 is 1.39 bits per heavy atom. The van der Waals surface area contributed by atoms with E-state index in [1.54, 1.807) is 36.1 Å². The molecule has 3 heterocycles. The molecule has 28 heavy (non-hydrogen) atoms. The quantitative estimate of drug-likeness (QED) is 0.466. The molecule has 0 amide bonds. The van der Waals surface area contributed by atoms with Crippen molar-refractivity contribution in [1.29, 1.82) is 0 Å². The van der Waals surface area contributed by atoms with Gasteiger partial charge in [0.25, 0.3) is 5.56 Å². The molecule has 0 aliphatic carbocycles. The summed E-state index contributed by atoms with van der Waals surface area (Å²) in [6, 6.07) is 7.85. The first-order chi connectivity index (χ1) is 13.7. The second-order valence-corrected chi connectivity index (χ2v) is 7.51. The predicted octanol–water partition coefficient (Wildman–Crippen LogP) is 3.41. The smallest absolute Gasteiger partial charge is 0.263 e. The van der Waals surface area contributed by atoms with Crippen molar-refractivity contribution >= 4 is 22.8 Å². The van der Waals surface area contributed by atoms with Gasteiger partial charge >= 0.3 is 0 Å². The van der Waals surface area contributed by atoms with Crippen LogP contribution in [0.25, 0.3) is 11.0 Å². The van der Waals surface area contributed by atoms with E-state index in [1.807, 2.05) is 0 Å². The third-order valence-corrected chi connectivity index (χ3v) is 5.73. The summed E-state index contributed by atoms with van der Waals surface area (Å²) in [4.78, 5) is 21.9. The Hall–Kier alpha value is -2.45. The van der Waals surface area contributed by atoms with Crippen molar-refractivity contribution in [3.05, 3.63) is 58.3 Å². The first kappa shape index (κ1) is 18.9. The summed E-state index contributed by atoms with van der Waals surface area (Å²) in [5.41, 5.74) is 0.971. The number of thioether (sulfide) groups is 1. The molecule has 1 aliphatic rings. The maximum Gasteiger partial charge on any atom is 0.263 e. The minimum Gasteiger partial charge on any atom is -0.496 e. The zero-order valence-electron chi connectivity index (χ0n) is 15.4. The Bertz CT molecular complexity index is 1050. The van der Waals surface area contributed by atoms with E-state index in [0.717, 1.165) is 12.8 Å². The van der Waals surface area contributed by atoms with Crippen LogP contribution in [0.15, 0.2) is 46.5 Å². The number of hydrogen-bond acceptors (Lipinski definition) is 6. The topological polar surface area (TPSA) is 66.2 Å². The number of aromatic nitrogens is 3. The number of rotatable bonds is 6. The number of benzene rings is 1. The van der Waals surface area contributed by atoms with Crippen LogP contribution < -0.4 is 10.3 Å². The molecule has 2 aromatic heterocycles. The Balaban J connectivity index is 1.70. The molecule has 1 aromatic carbocycles. The second kappa shape index (κ2) is 8.28. The van der Waals surface area contributed by atoms with Gasteiger partial charge in [0, 0.05) is 24.1 Å². The number of ether oxygens (including phenoxy) is 2. The molecule has 146 valence electrons. The van der Waals surface area contributed by atoms with E-state index in [2.05, 4.69) is 9.97 Å². The van der Waals surface area contributed by atoms with Gasteiger partial charge in [0.15, 0.2) is 10.8 Å². The average molecular weight is 401 g/mol. The van der Waals surface area contributed by atoms with Crippen molar-refractivity contribution in [1.82, 2.24) is 14.5 Å². The van der Waals surface area contributed by atoms with Gasteiger partial charge in [-0.25, -0.2) is 14.4 Å². The van der Waals surface area contributed by atoms with Gasteiger partial charge in [-0.05, 0) is 43.2 Å². The number of pyridine rings is 1. The molecule has 0 bridgehead atoms. The van der Waals surface area contributed by atoms with Crippen LogP contribution in [0.2, 0.25) is 0 Å². The Labute approximate surface area is 165 Å². The van der Waals surface area contributed by atoms with Crippen LogP contribution in [0, 0.1) is 5.82 Å². The molecule has 4 rings (SSSR count). The fourth-order valence-electron chi connectivity index (χ4n) is 3.30. The highest BCUT2D eigenvalue weighted by Crippen LogP contribution is 2.28. The highest BCUT2D eigenvalue weighted by molar-refractivity contribution is 7.98. The second-order valence-electron chi connectivity index (χ2n) is 6.56. The van der Waals surface area contributed by atoms with Crippen molar-refractivity contribution in [2.24, 2.45) is 0 Å². The molecule has 0 radical (unpaired) electrons. The van der Waals surface area contributed by atoms with Crippen molar-refractivity contribution in [2.45, 2.75) is 36.4 Å². The van der Waals surface area contributed by atoms with E-state index in [4.69, 9.17) is 9.47 Å². The lowest BCUT2D eigenvalue weighted by atomic mass is 10.2. The Morgan fingerprint density at radius 2 is 2.29 bits per heavy atom. The minimum atomic E-state index is -0.332. The molecule has 0 saturated carbocycles. The van der Waals surface area contributed by atoms with E-state index in [1.165, 1.54) is 23.9 Å². The van der Waals surface area contributed by atoms with Crippen LogP contribution in [-0.2, 0) is 17.0 Å². The molecule has 0 N–H and O–H groups in total. The summed E-state index contributed by atoms with van der Waals surface area (Å²) >= 11 is 1.36. The molecule has 1 fully saturated rings. The van der Waals surface area contributed by atoms with Gasteiger partial charge in [-0.3, -0.25) is 9.36 Å². The summed E-state index contributed by atoms with van der Waals surface area (Å²) in [6.07, 6.45) is 3.52. The fraction of sp³-hybridized carbons (Fsp3) is 0.350. The predicted molar refractivity (Wildman–Crippen MR) is 105 cm³/mol. The van der Waals surface area contributed by atoms with Crippen LogP contribution in [0.1, 0.15) is 18.4 Å². The van der Waals surface area contributed by atoms with Crippen molar-refractivity contribution in [2.75, 3.05) is 13.7 Å². The van der Waals surface area contributed by atoms with E-state index in [-0.39, 0.29) is 17.5 Å².